The summed E-state index contributed by atoms with van der Waals surface area (Å²) in [6, 6.07) is 4.11. The average Bonchev–Trinajstić information content (AvgIpc) is 3.45. The molecule has 29 heavy (non-hydrogen) atoms. The van der Waals surface area contributed by atoms with E-state index in [0.29, 0.717) is 5.82 Å². The van der Waals surface area contributed by atoms with E-state index in [1.54, 1.807) is 36.9 Å². The van der Waals surface area contributed by atoms with Gasteiger partial charge in [-0.15, -0.1) is 11.3 Å². The van der Waals surface area contributed by atoms with Crippen LogP contribution in [-0.2, 0) is 16.0 Å². The number of furan rings is 1. The van der Waals surface area contributed by atoms with Gasteiger partial charge in [0.2, 0.25) is 5.78 Å². The van der Waals surface area contributed by atoms with Crippen molar-refractivity contribution >= 4 is 39.0 Å². The van der Waals surface area contributed by atoms with Crippen LogP contribution in [0.4, 0.5) is 0 Å². The van der Waals surface area contributed by atoms with Crippen LogP contribution in [0.3, 0.4) is 0 Å². The molecular weight excluding hydrogens is 394 g/mol. The van der Waals surface area contributed by atoms with Gasteiger partial charge in [0.1, 0.15) is 30.1 Å². The molecule has 9 nitrogen and oxygen atoms in total. The number of carbonyl (C=O) groups is 3. The zero-order valence-electron chi connectivity index (χ0n) is 14.9. The molecule has 3 N–H and O–H groups in total. The normalized spacial score (nSPS) is 12.0. The van der Waals surface area contributed by atoms with E-state index < -0.39 is 23.6 Å². The summed E-state index contributed by atoms with van der Waals surface area (Å²) in [4.78, 5) is 44.9. The lowest BCUT2D eigenvalue weighted by Crippen LogP contribution is -2.47. The lowest BCUT2D eigenvalue weighted by atomic mass is 10.0. The maximum Gasteiger partial charge on any atom is 0.287 e. The van der Waals surface area contributed by atoms with E-state index in [1.807, 2.05) is 5.38 Å². The minimum absolute atomic E-state index is 0.102. The Morgan fingerprint density at radius 1 is 1.28 bits per heavy atom. The van der Waals surface area contributed by atoms with E-state index in [2.05, 4.69) is 15.3 Å². The van der Waals surface area contributed by atoms with Crippen molar-refractivity contribution in [2.45, 2.75) is 12.5 Å². The number of primary amides is 1. The molecule has 1 unspecified atom stereocenters. The lowest BCUT2D eigenvalue weighted by molar-refractivity contribution is -0.137. The lowest BCUT2D eigenvalue weighted by Gasteiger charge is -2.16. The minimum Gasteiger partial charge on any atom is -0.470 e. The molecule has 4 aromatic rings. The smallest absolute Gasteiger partial charge is 0.287 e. The highest BCUT2D eigenvalue weighted by molar-refractivity contribution is 7.17. The summed E-state index contributed by atoms with van der Waals surface area (Å²) in [5.74, 6) is -2.09. The summed E-state index contributed by atoms with van der Waals surface area (Å²) < 4.78 is 7.56. The first-order valence-electron chi connectivity index (χ1n) is 8.55. The standard InChI is InChI=1S/C19H15N5O4S/c20-18(26)17(25)13(5-11-9-29-15-8-28-7-12(11)15)23-19(27)14-6-21-10-24(14)16-3-1-2-4-22-16/h1-4,6-10,13H,5H2,(H2,20,26)(H,23,27). The number of hydrogen-bond donors (Lipinski definition) is 2. The van der Waals surface area contributed by atoms with E-state index in [1.165, 1.54) is 28.4 Å². The molecular formula is C19H15N5O4S. The predicted octanol–water partition coefficient (Wildman–Crippen LogP) is 1.47. The van der Waals surface area contributed by atoms with Gasteiger partial charge in [0.15, 0.2) is 0 Å². The van der Waals surface area contributed by atoms with Gasteiger partial charge in [0, 0.05) is 18.0 Å². The summed E-state index contributed by atoms with van der Waals surface area (Å²) in [7, 11) is 0. The first kappa shape index (κ1) is 18.6. The number of fused-ring (bicyclic) bond motifs is 1. The fraction of sp³-hybridized carbons (Fsp3) is 0.105. The maximum atomic E-state index is 12.9. The van der Waals surface area contributed by atoms with Crippen LogP contribution < -0.4 is 11.1 Å². The molecule has 0 aliphatic rings. The largest absolute Gasteiger partial charge is 0.470 e. The Morgan fingerprint density at radius 3 is 2.90 bits per heavy atom. The van der Waals surface area contributed by atoms with E-state index >= 15 is 0 Å². The number of hydrogen-bond acceptors (Lipinski definition) is 7. The molecule has 0 aliphatic carbocycles. The van der Waals surface area contributed by atoms with E-state index in [-0.39, 0.29) is 12.1 Å². The van der Waals surface area contributed by atoms with E-state index in [4.69, 9.17) is 10.2 Å². The SMILES string of the molecule is NC(=O)C(=O)C(Cc1csc2cocc12)NC(=O)c1cncn1-c1ccccn1. The minimum atomic E-state index is -1.13. The van der Waals surface area contributed by atoms with Crippen molar-refractivity contribution in [1.29, 1.82) is 0 Å². The highest BCUT2D eigenvalue weighted by atomic mass is 32.1. The molecule has 10 heteroatoms. The van der Waals surface area contributed by atoms with Gasteiger partial charge < -0.3 is 15.5 Å². The fourth-order valence-electron chi connectivity index (χ4n) is 2.94. The number of thiophene rings is 1. The summed E-state index contributed by atoms with van der Waals surface area (Å²) in [5, 5.41) is 5.28. The van der Waals surface area contributed by atoms with Crippen LogP contribution in [0, 0.1) is 0 Å². The van der Waals surface area contributed by atoms with Crippen LogP contribution in [0.1, 0.15) is 16.1 Å². The number of nitrogens with one attached hydrogen (secondary N) is 1. The van der Waals surface area contributed by atoms with Crippen molar-refractivity contribution in [3.05, 3.63) is 66.1 Å². The molecule has 0 bridgehead atoms. The monoisotopic (exact) mass is 409 g/mol. The molecule has 0 radical (unpaired) electrons. The van der Waals surface area contributed by atoms with Gasteiger partial charge in [-0.3, -0.25) is 19.0 Å². The summed E-state index contributed by atoms with van der Waals surface area (Å²) >= 11 is 1.44. The second-order valence-corrected chi connectivity index (χ2v) is 7.12. The zero-order chi connectivity index (χ0) is 20.4. The molecule has 1 atom stereocenters. The Kier molecular flexibility index (Phi) is 4.92. The number of ketones is 1. The fourth-order valence-corrected chi connectivity index (χ4v) is 3.85. The summed E-state index contributed by atoms with van der Waals surface area (Å²) in [5.41, 5.74) is 6.14. The van der Waals surface area contributed by atoms with E-state index in [0.717, 1.165) is 15.6 Å². The quantitative estimate of drug-likeness (QED) is 0.444. The number of pyridine rings is 1. The topological polar surface area (TPSA) is 133 Å². The molecule has 4 rings (SSSR count). The molecule has 0 fully saturated rings. The number of Topliss-reactive ketones (excluding diaryl/α,β-unsaturated/α-hetero) is 1. The van der Waals surface area contributed by atoms with Crippen LogP contribution in [0.2, 0.25) is 0 Å². The second-order valence-electron chi connectivity index (χ2n) is 6.21. The number of imidazole rings is 1. The van der Waals surface area contributed by atoms with Crippen LogP contribution >= 0.6 is 11.3 Å². The molecule has 4 aromatic heterocycles. The highest BCUT2D eigenvalue weighted by Gasteiger charge is 2.28. The maximum absolute atomic E-state index is 12.9. The Balaban J connectivity index is 1.61. The first-order chi connectivity index (χ1) is 14.0. The average molecular weight is 409 g/mol. The van der Waals surface area contributed by atoms with Crippen molar-refractivity contribution in [2.24, 2.45) is 5.73 Å². The van der Waals surface area contributed by atoms with Crippen molar-refractivity contribution in [3.8, 4) is 5.82 Å². The zero-order valence-corrected chi connectivity index (χ0v) is 15.8. The van der Waals surface area contributed by atoms with Gasteiger partial charge >= 0.3 is 0 Å². The highest BCUT2D eigenvalue weighted by Crippen LogP contribution is 2.28. The van der Waals surface area contributed by atoms with Crippen LogP contribution in [0.15, 0.2) is 59.2 Å². The van der Waals surface area contributed by atoms with Crippen LogP contribution in [0.5, 0.6) is 0 Å². The van der Waals surface area contributed by atoms with Gasteiger partial charge in [-0.25, -0.2) is 9.97 Å². The molecule has 0 saturated carbocycles. The van der Waals surface area contributed by atoms with Gasteiger partial charge in [0.05, 0.1) is 17.2 Å². The molecule has 4 heterocycles. The number of aromatic nitrogens is 3. The molecule has 0 aliphatic heterocycles. The Morgan fingerprint density at radius 2 is 2.14 bits per heavy atom. The predicted molar refractivity (Wildman–Crippen MR) is 105 cm³/mol. The Bertz CT molecular complexity index is 1190. The van der Waals surface area contributed by atoms with Crippen LogP contribution in [0.25, 0.3) is 15.9 Å². The number of nitrogens with two attached hydrogens (primary N) is 1. The van der Waals surface area contributed by atoms with Gasteiger partial charge in [-0.1, -0.05) is 6.07 Å². The summed E-state index contributed by atoms with van der Waals surface area (Å²) in [6.45, 7) is 0. The van der Waals surface area contributed by atoms with Gasteiger partial charge in [0.25, 0.3) is 11.8 Å². The molecule has 0 saturated heterocycles. The van der Waals surface area contributed by atoms with Crippen molar-refractivity contribution < 1.29 is 18.8 Å². The number of nitrogens with zero attached hydrogens (tertiary/aromatic N) is 3. The Labute approximate surface area is 168 Å². The molecule has 2 amide bonds. The third-order valence-corrected chi connectivity index (χ3v) is 5.33. The Hall–Kier alpha value is -3.79. The first-order valence-corrected chi connectivity index (χ1v) is 9.43. The van der Waals surface area contributed by atoms with E-state index in [9.17, 15) is 14.4 Å². The summed E-state index contributed by atoms with van der Waals surface area (Å²) in [6.07, 6.45) is 7.64. The van der Waals surface area contributed by atoms with Gasteiger partial charge in [-0.2, -0.15) is 0 Å². The second kappa shape index (κ2) is 7.68. The number of amides is 2. The number of carbonyl (C=O) groups excluding carboxylic acids is 3. The van der Waals surface area contributed by atoms with Crippen molar-refractivity contribution in [1.82, 2.24) is 19.9 Å². The third-order valence-electron chi connectivity index (χ3n) is 4.36. The van der Waals surface area contributed by atoms with Crippen LogP contribution in [-0.4, -0.2) is 38.2 Å². The molecule has 0 aromatic carbocycles. The van der Waals surface area contributed by atoms with Crippen molar-refractivity contribution in [2.75, 3.05) is 0 Å². The van der Waals surface area contributed by atoms with Gasteiger partial charge in [-0.05, 0) is 23.1 Å². The number of rotatable bonds is 7. The van der Waals surface area contributed by atoms with Crippen molar-refractivity contribution in [3.63, 3.8) is 0 Å². The third kappa shape index (κ3) is 3.65. The molecule has 0 spiro atoms. The molecule has 146 valence electrons.